The van der Waals surface area contributed by atoms with Crippen molar-refractivity contribution in [2.45, 2.75) is 20.0 Å². The largest absolute Gasteiger partial charge is 0.493 e. The van der Waals surface area contributed by atoms with Crippen LogP contribution in [0.4, 0.5) is 4.39 Å². The summed E-state index contributed by atoms with van der Waals surface area (Å²) in [6, 6.07) is 12.1. The van der Waals surface area contributed by atoms with Crippen LogP contribution in [0.2, 0.25) is 0 Å². The minimum atomic E-state index is -0.281. The predicted octanol–water partition coefficient (Wildman–Crippen LogP) is 3.79. The first-order chi connectivity index (χ1) is 13.4. The lowest BCUT2D eigenvalue weighted by atomic mass is 10.1. The molecule has 2 aromatic carbocycles. The van der Waals surface area contributed by atoms with Gasteiger partial charge in [-0.2, -0.15) is 0 Å². The maximum atomic E-state index is 13.3. The van der Waals surface area contributed by atoms with Crippen molar-refractivity contribution >= 4 is 18.3 Å². The number of likely N-dealkylation sites (N-methyl/N-ethyl adjacent to an activating group) is 2. The van der Waals surface area contributed by atoms with Crippen molar-refractivity contribution in [3.05, 3.63) is 59.4 Å². The van der Waals surface area contributed by atoms with Gasteiger partial charge in [0.25, 0.3) is 0 Å². The topological polar surface area (TPSA) is 42.0 Å². The molecule has 0 atom stereocenters. The molecule has 2 rings (SSSR count). The van der Waals surface area contributed by atoms with Gasteiger partial charge in [0.2, 0.25) is 5.91 Å². The Morgan fingerprint density at radius 3 is 2.45 bits per heavy atom. The molecule has 0 spiro atoms. The molecule has 1 amide bonds. The van der Waals surface area contributed by atoms with E-state index in [1.165, 1.54) is 12.1 Å². The molecule has 0 unspecified atom stereocenters. The van der Waals surface area contributed by atoms with E-state index in [2.05, 4.69) is 4.90 Å². The molecule has 0 fully saturated rings. The number of hydrogen-bond donors (Lipinski definition) is 0. The molecule has 0 aliphatic carbocycles. The zero-order valence-corrected chi connectivity index (χ0v) is 18.3. The van der Waals surface area contributed by atoms with E-state index in [1.807, 2.05) is 31.2 Å². The Morgan fingerprint density at radius 1 is 1.07 bits per heavy atom. The lowest BCUT2D eigenvalue weighted by Gasteiger charge is -2.22. The Kier molecular flexibility index (Phi) is 10.5. The van der Waals surface area contributed by atoms with Gasteiger partial charge in [-0.15, -0.1) is 12.4 Å². The van der Waals surface area contributed by atoms with Crippen LogP contribution in [-0.2, 0) is 17.8 Å². The Bertz CT molecular complexity index is 786. The maximum absolute atomic E-state index is 13.3. The second-order valence-corrected chi connectivity index (χ2v) is 6.81. The molecule has 0 radical (unpaired) electrons. The summed E-state index contributed by atoms with van der Waals surface area (Å²) < 4.78 is 24.5. The van der Waals surface area contributed by atoms with Gasteiger partial charge in [0.05, 0.1) is 13.7 Å². The summed E-state index contributed by atoms with van der Waals surface area (Å²) in [6.07, 6.45) is 0.801. The number of nitrogens with zero attached hydrogens (tertiary/aromatic N) is 2. The van der Waals surface area contributed by atoms with Crippen molar-refractivity contribution in [1.29, 1.82) is 0 Å². The van der Waals surface area contributed by atoms with Gasteiger partial charge in [-0.1, -0.05) is 25.1 Å². The molecule has 0 aliphatic rings. The molecule has 160 valence electrons. The van der Waals surface area contributed by atoms with Gasteiger partial charge in [0.15, 0.2) is 11.5 Å². The van der Waals surface area contributed by atoms with Crippen molar-refractivity contribution in [3.63, 3.8) is 0 Å². The number of benzene rings is 2. The summed E-state index contributed by atoms with van der Waals surface area (Å²) in [4.78, 5) is 15.6. The fourth-order valence-electron chi connectivity index (χ4n) is 2.74. The fourth-order valence-corrected chi connectivity index (χ4v) is 2.74. The lowest BCUT2D eigenvalue weighted by Crippen LogP contribution is -2.37. The van der Waals surface area contributed by atoms with E-state index in [0.717, 1.165) is 30.6 Å². The molecule has 0 heterocycles. The number of carbonyl (C=O) groups is 1. The number of halogens is 2. The Morgan fingerprint density at radius 2 is 1.83 bits per heavy atom. The maximum Gasteiger partial charge on any atom is 0.236 e. The SMILES string of the molecule is CCN(CCc1ccc(OCc2cccc(F)c2)c(OC)c1)CC(=O)N(C)C.Cl. The molecule has 0 N–H and O–H groups in total. The minimum Gasteiger partial charge on any atom is -0.493 e. The quantitative estimate of drug-likeness (QED) is 0.582. The fraction of sp³-hybridized carbons (Fsp3) is 0.409. The molecule has 2 aromatic rings. The highest BCUT2D eigenvalue weighted by Gasteiger charge is 2.12. The monoisotopic (exact) mass is 424 g/mol. The first-order valence-electron chi connectivity index (χ1n) is 9.39. The van der Waals surface area contributed by atoms with Crippen LogP contribution in [0.5, 0.6) is 11.5 Å². The molecule has 0 bridgehead atoms. The van der Waals surface area contributed by atoms with Gasteiger partial charge in [-0.05, 0) is 48.4 Å². The van der Waals surface area contributed by atoms with Crippen LogP contribution in [0.1, 0.15) is 18.1 Å². The van der Waals surface area contributed by atoms with Gasteiger partial charge in [-0.25, -0.2) is 4.39 Å². The zero-order chi connectivity index (χ0) is 20.5. The first kappa shape index (κ1) is 24.7. The molecule has 7 heteroatoms. The van der Waals surface area contributed by atoms with Crippen molar-refractivity contribution in [2.75, 3.05) is 40.8 Å². The van der Waals surface area contributed by atoms with E-state index in [1.54, 1.807) is 32.2 Å². The van der Waals surface area contributed by atoms with Crippen LogP contribution in [0.25, 0.3) is 0 Å². The third-order valence-electron chi connectivity index (χ3n) is 4.53. The second kappa shape index (κ2) is 12.3. The van der Waals surface area contributed by atoms with Crippen LogP contribution in [0, 0.1) is 5.82 Å². The number of rotatable bonds is 10. The normalized spacial score (nSPS) is 10.4. The molecule has 0 saturated carbocycles. The molecule has 0 saturated heterocycles. The van der Waals surface area contributed by atoms with Crippen LogP contribution in [0.15, 0.2) is 42.5 Å². The van der Waals surface area contributed by atoms with E-state index in [-0.39, 0.29) is 30.7 Å². The van der Waals surface area contributed by atoms with E-state index in [0.29, 0.717) is 18.0 Å². The lowest BCUT2D eigenvalue weighted by molar-refractivity contribution is -0.129. The van der Waals surface area contributed by atoms with Crippen molar-refractivity contribution in [3.8, 4) is 11.5 Å². The highest BCUT2D eigenvalue weighted by atomic mass is 35.5. The average molecular weight is 425 g/mol. The van der Waals surface area contributed by atoms with Crippen LogP contribution in [-0.4, -0.2) is 56.5 Å². The smallest absolute Gasteiger partial charge is 0.236 e. The average Bonchev–Trinajstić information content (AvgIpc) is 2.69. The van der Waals surface area contributed by atoms with Crippen LogP contribution in [0.3, 0.4) is 0 Å². The van der Waals surface area contributed by atoms with Gasteiger partial charge in [0.1, 0.15) is 12.4 Å². The molecule has 0 aliphatic heterocycles. The van der Waals surface area contributed by atoms with Gasteiger partial charge in [0, 0.05) is 20.6 Å². The van der Waals surface area contributed by atoms with Crippen molar-refractivity contribution in [1.82, 2.24) is 9.80 Å². The van der Waals surface area contributed by atoms with Crippen LogP contribution < -0.4 is 9.47 Å². The first-order valence-corrected chi connectivity index (χ1v) is 9.39. The molecule has 29 heavy (non-hydrogen) atoms. The summed E-state index contributed by atoms with van der Waals surface area (Å²) in [7, 11) is 5.13. The molecule has 5 nitrogen and oxygen atoms in total. The highest BCUT2D eigenvalue weighted by Crippen LogP contribution is 2.29. The highest BCUT2D eigenvalue weighted by molar-refractivity contribution is 5.85. The number of methoxy groups -OCH3 is 1. The van der Waals surface area contributed by atoms with Crippen molar-refractivity contribution in [2.24, 2.45) is 0 Å². The summed E-state index contributed by atoms with van der Waals surface area (Å²) in [5.41, 5.74) is 1.86. The second-order valence-electron chi connectivity index (χ2n) is 6.81. The van der Waals surface area contributed by atoms with Gasteiger partial charge >= 0.3 is 0 Å². The van der Waals surface area contributed by atoms with Crippen molar-refractivity contribution < 1.29 is 18.7 Å². The number of hydrogen-bond acceptors (Lipinski definition) is 4. The summed E-state index contributed by atoms with van der Waals surface area (Å²) in [5.74, 6) is 1.07. The third-order valence-corrected chi connectivity index (χ3v) is 4.53. The van der Waals surface area contributed by atoms with E-state index in [4.69, 9.17) is 9.47 Å². The predicted molar refractivity (Wildman–Crippen MR) is 115 cm³/mol. The van der Waals surface area contributed by atoms with Gasteiger partial charge < -0.3 is 14.4 Å². The summed E-state index contributed by atoms with van der Waals surface area (Å²) >= 11 is 0. The third kappa shape index (κ3) is 7.91. The number of amides is 1. The van der Waals surface area contributed by atoms with Crippen LogP contribution >= 0.6 is 12.4 Å². The number of carbonyl (C=O) groups excluding carboxylic acids is 1. The zero-order valence-electron chi connectivity index (χ0n) is 17.5. The van der Waals surface area contributed by atoms with Gasteiger partial charge in [-0.3, -0.25) is 9.69 Å². The van der Waals surface area contributed by atoms with E-state index in [9.17, 15) is 9.18 Å². The summed E-state index contributed by atoms with van der Waals surface area (Å²) in [6.45, 7) is 4.32. The number of ether oxygens (including phenoxy) is 2. The standard InChI is InChI=1S/C22H29FN2O3.ClH/c1-5-25(15-22(26)24(2)3)12-11-17-9-10-20(21(14-17)27-4)28-16-18-7-6-8-19(23)13-18;/h6-10,13-14H,5,11-12,15-16H2,1-4H3;1H. The molecular formula is C22H30ClFN2O3. The molecular weight excluding hydrogens is 395 g/mol. The summed E-state index contributed by atoms with van der Waals surface area (Å²) in [5, 5.41) is 0. The molecule has 0 aromatic heterocycles. The van der Waals surface area contributed by atoms with E-state index < -0.39 is 0 Å². The Balaban J connectivity index is 0.00000420. The Hall–Kier alpha value is -2.31. The van der Waals surface area contributed by atoms with E-state index >= 15 is 0 Å². The minimum absolute atomic E-state index is 0. The Labute approximate surface area is 178 Å².